The summed E-state index contributed by atoms with van der Waals surface area (Å²) >= 11 is 0. The van der Waals surface area contributed by atoms with Crippen LogP contribution in [0.5, 0.6) is 0 Å². The van der Waals surface area contributed by atoms with Crippen molar-refractivity contribution in [3.05, 3.63) is 6.92 Å². The van der Waals surface area contributed by atoms with Crippen molar-refractivity contribution in [3.8, 4) is 0 Å². The van der Waals surface area contributed by atoms with Crippen molar-refractivity contribution < 1.29 is 74.0 Å². The zero-order valence-electron chi connectivity index (χ0n) is 4.28. The van der Waals surface area contributed by atoms with E-state index in [0.29, 0.717) is 0 Å². The second-order valence-electron chi connectivity index (χ2n) is 0.931. The first-order valence-corrected chi connectivity index (χ1v) is 1.82. The van der Waals surface area contributed by atoms with Gasteiger partial charge in [-0.15, -0.1) is 0 Å². The maximum absolute atomic E-state index is 8.03. The van der Waals surface area contributed by atoms with E-state index in [2.05, 4.69) is 6.92 Å². The molecule has 32 valence electrons. The Labute approximate surface area is 97.9 Å². The van der Waals surface area contributed by atoms with Gasteiger partial charge in [-0.25, -0.2) is 0 Å². The topological polar surface area (TPSA) is 20.2 Å². The van der Waals surface area contributed by atoms with Crippen LogP contribution in [-0.2, 0) is 0 Å². The van der Waals surface area contributed by atoms with Crippen molar-refractivity contribution in [3.63, 3.8) is 0 Å². The molecule has 0 amide bonds. The van der Waals surface area contributed by atoms with Gasteiger partial charge in [0.15, 0.2) is 0 Å². The third kappa shape index (κ3) is 9.38. The average Bonchev–Trinajstić information content (AvgIpc) is 1.41. The van der Waals surface area contributed by atoms with Gasteiger partial charge in [-0.1, -0.05) is 6.42 Å². The molecule has 0 heterocycles. The minimum absolute atomic E-state index is 0. The molecule has 0 rings (SSSR count). The molecule has 0 saturated heterocycles. The SMILES string of the molecule is [CH2-]CCCO.[Cs+]. The van der Waals surface area contributed by atoms with Gasteiger partial charge in [0.05, 0.1) is 0 Å². The van der Waals surface area contributed by atoms with Crippen molar-refractivity contribution in [2.45, 2.75) is 12.8 Å². The van der Waals surface area contributed by atoms with E-state index in [1.807, 2.05) is 0 Å². The fraction of sp³-hybridized carbons (Fsp3) is 0.750. The fourth-order valence-corrected chi connectivity index (χ4v) is 0.112. The summed E-state index contributed by atoms with van der Waals surface area (Å²) in [6.45, 7) is 3.80. The molecule has 0 unspecified atom stereocenters. The van der Waals surface area contributed by atoms with Gasteiger partial charge in [0.25, 0.3) is 0 Å². The van der Waals surface area contributed by atoms with Gasteiger partial charge in [-0.2, -0.15) is 6.42 Å². The minimum atomic E-state index is 0. The van der Waals surface area contributed by atoms with E-state index in [1.54, 1.807) is 0 Å². The molecule has 0 aromatic rings. The van der Waals surface area contributed by atoms with Crippen LogP contribution in [0.2, 0.25) is 0 Å². The van der Waals surface area contributed by atoms with Gasteiger partial charge in [-0.3, -0.25) is 0 Å². The number of hydrogen-bond donors (Lipinski definition) is 1. The molecule has 0 aliphatic heterocycles. The molecule has 0 bridgehead atoms. The molecule has 0 aliphatic carbocycles. The van der Waals surface area contributed by atoms with Crippen molar-refractivity contribution in [2.24, 2.45) is 0 Å². The average molecular weight is 206 g/mol. The summed E-state index contributed by atoms with van der Waals surface area (Å²) in [5.41, 5.74) is 0. The maximum atomic E-state index is 8.03. The summed E-state index contributed by atoms with van der Waals surface area (Å²) in [6.07, 6.45) is 1.68. The Morgan fingerprint density at radius 3 is 2.00 bits per heavy atom. The van der Waals surface area contributed by atoms with Gasteiger partial charge in [0.2, 0.25) is 0 Å². The first kappa shape index (κ1) is 10.9. The largest absolute Gasteiger partial charge is 1.00 e. The summed E-state index contributed by atoms with van der Waals surface area (Å²) in [5.74, 6) is 0. The smallest absolute Gasteiger partial charge is 0.396 e. The summed E-state index contributed by atoms with van der Waals surface area (Å²) in [6, 6.07) is 0. The van der Waals surface area contributed by atoms with Crippen LogP contribution in [0.4, 0.5) is 0 Å². The van der Waals surface area contributed by atoms with Gasteiger partial charge in [0, 0.05) is 6.61 Å². The number of aliphatic hydroxyl groups excluding tert-OH is 1. The molecule has 1 N–H and O–H groups in total. The van der Waals surface area contributed by atoms with Crippen LogP contribution in [0.3, 0.4) is 0 Å². The molecule has 2 heteroatoms. The molecule has 0 aliphatic rings. The Hall–Kier alpha value is 2.01. The summed E-state index contributed by atoms with van der Waals surface area (Å²) in [7, 11) is 0. The molecule has 0 fully saturated rings. The van der Waals surface area contributed by atoms with Crippen LogP contribution in [-0.4, -0.2) is 11.7 Å². The Morgan fingerprint density at radius 2 is 2.00 bits per heavy atom. The number of rotatable bonds is 2. The van der Waals surface area contributed by atoms with Gasteiger partial charge < -0.3 is 12.0 Å². The quantitative estimate of drug-likeness (QED) is 0.499. The monoisotopic (exact) mass is 206 g/mol. The third-order valence-corrected chi connectivity index (χ3v) is 0.408. The van der Waals surface area contributed by atoms with Crippen molar-refractivity contribution >= 4 is 0 Å². The van der Waals surface area contributed by atoms with Crippen molar-refractivity contribution in [1.29, 1.82) is 0 Å². The number of unbranched alkanes of at least 4 members (excludes halogenated alkanes) is 1. The fourth-order valence-electron chi connectivity index (χ4n) is 0.112. The van der Waals surface area contributed by atoms with Crippen LogP contribution in [0.25, 0.3) is 0 Å². The Balaban J connectivity index is 0. The standard InChI is InChI=1S/C4H9O.Cs/c1-2-3-4-5;/h5H,1-4H2;/q-1;+1. The summed E-state index contributed by atoms with van der Waals surface area (Å²) in [4.78, 5) is 0. The molecular formula is C4H9CsO. The van der Waals surface area contributed by atoms with E-state index >= 15 is 0 Å². The predicted octanol–water partition coefficient (Wildman–Crippen LogP) is -2.40. The van der Waals surface area contributed by atoms with Crippen molar-refractivity contribution in [1.82, 2.24) is 0 Å². The van der Waals surface area contributed by atoms with Crippen LogP contribution in [0, 0.1) is 6.92 Å². The van der Waals surface area contributed by atoms with E-state index in [1.165, 1.54) is 0 Å². The van der Waals surface area contributed by atoms with Crippen LogP contribution in [0.1, 0.15) is 12.8 Å². The molecule has 0 aromatic heterocycles. The molecule has 1 nitrogen and oxygen atoms in total. The summed E-state index contributed by atoms with van der Waals surface area (Å²) in [5, 5.41) is 8.03. The molecule has 0 spiro atoms. The molecule has 0 radical (unpaired) electrons. The van der Waals surface area contributed by atoms with E-state index in [4.69, 9.17) is 5.11 Å². The van der Waals surface area contributed by atoms with E-state index in [9.17, 15) is 0 Å². The van der Waals surface area contributed by atoms with E-state index in [-0.39, 0.29) is 75.5 Å². The number of hydrogen-bond acceptors (Lipinski definition) is 1. The number of aliphatic hydroxyl groups is 1. The van der Waals surface area contributed by atoms with Gasteiger partial charge in [-0.05, 0) is 0 Å². The zero-order valence-corrected chi connectivity index (χ0v) is 10.6. The molecule has 6 heavy (non-hydrogen) atoms. The normalized spacial score (nSPS) is 7.00. The van der Waals surface area contributed by atoms with E-state index in [0.717, 1.165) is 12.8 Å². The Kier molecular flexibility index (Phi) is 18.3. The molecule has 0 atom stereocenters. The molecular weight excluding hydrogens is 197 g/mol. The Bertz CT molecular complexity index is 15.0. The van der Waals surface area contributed by atoms with Crippen LogP contribution in [0.15, 0.2) is 0 Å². The molecule has 0 aromatic carbocycles. The van der Waals surface area contributed by atoms with Gasteiger partial charge in [0.1, 0.15) is 0 Å². The minimum Gasteiger partial charge on any atom is -0.396 e. The summed E-state index contributed by atoms with van der Waals surface area (Å²) < 4.78 is 0. The van der Waals surface area contributed by atoms with Crippen LogP contribution < -0.4 is 68.9 Å². The Morgan fingerprint density at radius 1 is 1.50 bits per heavy atom. The third-order valence-electron chi connectivity index (χ3n) is 0.408. The first-order chi connectivity index (χ1) is 2.41. The van der Waals surface area contributed by atoms with E-state index < -0.39 is 0 Å². The second kappa shape index (κ2) is 10.1. The first-order valence-electron chi connectivity index (χ1n) is 1.82. The van der Waals surface area contributed by atoms with Gasteiger partial charge >= 0.3 is 68.9 Å². The predicted molar refractivity (Wildman–Crippen MR) is 21.7 cm³/mol. The van der Waals surface area contributed by atoms with Crippen molar-refractivity contribution in [2.75, 3.05) is 6.61 Å². The molecule has 0 saturated carbocycles. The maximum Gasteiger partial charge on any atom is 1.00 e. The zero-order chi connectivity index (χ0) is 4.12. The second-order valence-corrected chi connectivity index (χ2v) is 0.931. The van der Waals surface area contributed by atoms with Crippen LogP contribution >= 0.6 is 0 Å².